The number of thioether (sulfide) groups is 1. The lowest BCUT2D eigenvalue weighted by Gasteiger charge is -2.03. The second-order valence-electron chi connectivity index (χ2n) is 3.71. The van der Waals surface area contributed by atoms with Crippen molar-refractivity contribution in [3.63, 3.8) is 0 Å². The van der Waals surface area contributed by atoms with Gasteiger partial charge in [0, 0.05) is 11.4 Å². The van der Waals surface area contributed by atoms with E-state index in [-0.39, 0.29) is 18.0 Å². The number of H-pyrrole nitrogens is 1. The number of nitrogens with one attached hydrogen (secondary N) is 2. The average Bonchev–Trinajstić information content (AvgIpc) is 2.83. The lowest BCUT2D eigenvalue weighted by molar-refractivity contribution is 0.0945. The van der Waals surface area contributed by atoms with Crippen LogP contribution in [-0.4, -0.2) is 27.1 Å². The first kappa shape index (κ1) is 13.8. The summed E-state index contributed by atoms with van der Waals surface area (Å²) in [4.78, 5) is 33.9. The quantitative estimate of drug-likeness (QED) is 0.827. The topological polar surface area (TPSA) is 87.7 Å². The van der Waals surface area contributed by atoms with Crippen LogP contribution in [0.4, 0.5) is 0 Å². The van der Waals surface area contributed by atoms with Crippen molar-refractivity contribution in [2.45, 2.75) is 17.8 Å². The van der Waals surface area contributed by atoms with Crippen LogP contribution in [-0.2, 0) is 6.54 Å². The van der Waals surface area contributed by atoms with Crippen LogP contribution in [0.25, 0.3) is 0 Å². The number of hydrogen-bond acceptors (Lipinski definition) is 6. The first-order valence-electron chi connectivity index (χ1n) is 5.43. The fourth-order valence-electron chi connectivity index (χ4n) is 1.45. The third-order valence-corrected chi connectivity index (χ3v) is 4.10. The summed E-state index contributed by atoms with van der Waals surface area (Å²) in [5, 5.41) is 4.39. The number of nitrogens with zero attached hydrogens (tertiary/aromatic N) is 2. The normalized spacial score (nSPS) is 10.4. The Morgan fingerprint density at radius 1 is 1.53 bits per heavy atom. The van der Waals surface area contributed by atoms with Crippen LogP contribution in [0.1, 0.15) is 22.0 Å². The molecular weight excluding hydrogens is 284 g/mol. The molecule has 0 aliphatic carbocycles. The number of rotatable bonds is 4. The highest BCUT2D eigenvalue weighted by atomic mass is 32.2. The molecular formula is C11H12N4O2S2. The number of thiazole rings is 1. The van der Waals surface area contributed by atoms with Crippen LogP contribution in [0.2, 0.25) is 0 Å². The summed E-state index contributed by atoms with van der Waals surface area (Å²) in [6, 6.07) is 1.36. The molecule has 0 aromatic carbocycles. The van der Waals surface area contributed by atoms with Crippen molar-refractivity contribution in [3.05, 3.63) is 39.0 Å². The van der Waals surface area contributed by atoms with Crippen LogP contribution in [0.5, 0.6) is 0 Å². The van der Waals surface area contributed by atoms with E-state index >= 15 is 0 Å². The number of aromatic nitrogens is 3. The van der Waals surface area contributed by atoms with Crippen LogP contribution in [0.3, 0.4) is 0 Å². The number of aryl methyl sites for hydroxylation is 1. The van der Waals surface area contributed by atoms with Crippen LogP contribution >= 0.6 is 23.1 Å². The van der Waals surface area contributed by atoms with E-state index in [9.17, 15) is 9.59 Å². The average molecular weight is 296 g/mol. The summed E-state index contributed by atoms with van der Waals surface area (Å²) in [6.07, 6.45) is 1.91. The lowest BCUT2D eigenvalue weighted by atomic mass is 10.3. The molecule has 0 saturated carbocycles. The second-order valence-corrected chi connectivity index (χ2v) is 5.62. The molecule has 0 aliphatic heterocycles. The Morgan fingerprint density at radius 2 is 2.32 bits per heavy atom. The number of hydrogen-bond donors (Lipinski definition) is 2. The van der Waals surface area contributed by atoms with Gasteiger partial charge in [0.25, 0.3) is 11.5 Å². The van der Waals surface area contributed by atoms with E-state index in [2.05, 4.69) is 20.3 Å². The predicted molar refractivity (Wildman–Crippen MR) is 74.7 cm³/mol. The second kappa shape index (κ2) is 5.98. The molecule has 2 aromatic rings. The van der Waals surface area contributed by atoms with Crippen molar-refractivity contribution in [2.24, 2.45) is 0 Å². The largest absolute Gasteiger partial charge is 0.345 e. The Balaban J connectivity index is 2.02. The van der Waals surface area contributed by atoms with E-state index in [0.29, 0.717) is 17.2 Å². The molecule has 0 spiro atoms. The number of aromatic amines is 1. The third-order valence-electron chi connectivity index (χ3n) is 2.23. The fourth-order valence-corrected chi connectivity index (χ4v) is 2.69. The monoisotopic (exact) mass is 296 g/mol. The van der Waals surface area contributed by atoms with Crippen molar-refractivity contribution in [3.8, 4) is 0 Å². The van der Waals surface area contributed by atoms with Gasteiger partial charge in [0.05, 0.1) is 12.2 Å². The summed E-state index contributed by atoms with van der Waals surface area (Å²) >= 11 is 2.92. The van der Waals surface area contributed by atoms with Gasteiger partial charge in [0.15, 0.2) is 0 Å². The van der Waals surface area contributed by atoms with Crippen molar-refractivity contribution in [2.75, 3.05) is 6.26 Å². The molecule has 0 aliphatic rings. The summed E-state index contributed by atoms with van der Waals surface area (Å²) < 4.78 is 0.843. The van der Waals surface area contributed by atoms with Gasteiger partial charge in [0.1, 0.15) is 15.9 Å². The van der Waals surface area contributed by atoms with E-state index in [4.69, 9.17) is 0 Å². The molecule has 8 heteroatoms. The van der Waals surface area contributed by atoms with Crippen molar-refractivity contribution in [1.29, 1.82) is 0 Å². The summed E-state index contributed by atoms with van der Waals surface area (Å²) in [5.74, 6) is 0.256. The Labute approximate surface area is 117 Å². The molecule has 2 rings (SSSR count). The molecule has 100 valence electrons. The van der Waals surface area contributed by atoms with Crippen LogP contribution in [0, 0.1) is 6.92 Å². The third kappa shape index (κ3) is 3.65. The lowest BCUT2D eigenvalue weighted by Crippen LogP contribution is -2.25. The van der Waals surface area contributed by atoms with Gasteiger partial charge in [-0.05, 0) is 13.2 Å². The van der Waals surface area contributed by atoms with Crippen LogP contribution < -0.4 is 10.9 Å². The Kier molecular flexibility index (Phi) is 4.33. The van der Waals surface area contributed by atoms with Crippen molar-refractivity contribution < 1.29 is 4.79 Å². The zero-order valence-electron chi connectivity index (χ0n) is 10.4. The van der Waals surface area contributed by atoms with Gasteiger partial charge in [-0.2, -0.15) is 0 Å². The Morgan fingerprint density at radius 3 is 2.95 bits per heavy atom. The molecule has 0 bridgehead atoms. The molecule has 0 atom stereocenters. The van der Waals surface area contributed by atoms with Gasteiger partial charge in [-0.15, -0.1) is 11.3 Å². The maximum Gasteiger partial charge on any atom is 0.271 e. The maximum atomic E-state index is 11.8. The summed E-state index contributed by atoms with van der Waals surface area (Å²) in [7, 11) is 0. The van der Waals surface area contributed by atoms with Gasteiger partial charge in [-0.1, -0.05) is 11.8 Å². The minimum atomic E-state index is -0.267. The van der Waals surface area contributed by atoms with E-state index in [1.54, 1.807) is 12.3 Å². The molecule has 2 N–H and O–H groups in total. The first-order valence-corrected chi connectivity index (χ1v) is 7.53. The maximum absolute atomic E-state index is 11.8. The molecule has 19 heavy (non-hydrogen) atoms. The molecule has 0 radical (unpaired) electrons. The molecule has 2 heterocycles. The molecule has 2 aromatic heterocycles. The molecule has 0 fully saturated rings. The van der Waals surface area contributed by atoms with E-state index in [1.807, 2.05) is 6.26 Å². The van der Waals surface area contributed by atoms with Crippen molar-refractivity contribution >= 4 is 29.0 Å². The number of amides is 1. The molecule has 6 nitrogen and oxygen atoms in total. The summed E-state index contributed by atoms with van der Waals surface area (Å²) in [5.41, 5.74) is 0.681. The van der Waals surface area contributed by atoms with Gasteiger partial charge in [-0.3, -0.25) is 9.59 Å². The molecule has 0 saturated heterocycles. The van der Waals surface area contributed by atoms with Crippen molar-refractivity contribution in [1.82, 2.24) is 20.3 Å². The minimum Gasteiger partial charge on any atom is -0.345 e. The highest BCUT2D eigenvalue weighted by Crippen LogP contribution is 2.19. The highest BCUT2D eigenvalue weighted by Gasteiger charge is 2.10. The standard InChI is InChI=1S/C11H12N4O2S2/c1-6-13-7(3-9(16)14-6)4-12-10(17)8-5-19-11(15-8)18-2/h3,5H,4H2,1-2H3,(H,12,17)(H,13,14,16). The Hall–Kier alpha value is -1.67. The number of carbonyl (C=O) groups excluding carboxylic acids is 1. The smallest absolute Gasteiger partial charge is 0.271 e. The van der Waals surface area contributed by atoms with Gasteiger partial charge >= 0.3 is 0 Å². The Bertz CT molecular complexity index is 650. The zero-order valence-corrected chi connectivity index (χ0v) is 12.0. The summed E-state index contributed by atoms with van der Waals surface area (Å²) in [6.45, 7) is 1.90. The zero-order chi connectivity index (χ0) is 13.8. The minimum absolute atomic E-state index is 0.204. The highest BCUT2D eigenvalue weighted by molar-refractivity contribution is 8.00. The van der Waals surface area contributed by atoms with Gasteiger partial charge in [0.2, 0.25) is 0 Å². The number of carbonyl (C=O) groups is 1. The van der Waals surface area contributed by atoms with Crippen LogP contribution in [0.15, 0.2) is 20.6 Å². The first-order chi connectivity index (χ1) is 9.08. The van der Waals surface area contributed by atoms with Gasteiger partial charge in [-0.25, -0.2) is 9.97 Å². The van der Waals surface area contributed by atoms with E-state index in [1.165, 1.54) is 29.2 Å². The fraction of sp³-hybridized carbons (Fsp3) is 0.273. The van der Waals surface area contributed by atoms with E-state index < -0.39 is 0 Å². The molecule has 0 unspecified atom stereocenters. The van der Waals surface area contributed by atoms with E-state index in [0.717, 1.165) is 4.34 Å². The molecule has 1 amide bonds. The SMILES string of the molecule is CSc1nc(C(=O)NCc2cc(=O)[nH]c(C)n2)cs1. The predicted octanol–water partition coefficient (Wildman–Crippen LogP) is 1.19. The van der Waals surface area contributed by atoms with Gasteiger partial charge < -0.3 is 10.3 Å².